The number of nitriles is 1. The first-order valence-electron chi connectivity index (χ1n) is 5.59. The molecule has 0 aromatic heterocycles. The van der Waals surface area contributed by atoms with Gasteiger partial charge in [-0.2, -0.15) is 5.26 Å². The van der Waals surface area contributed by atoms with E-state index in [2.05, 4.69) is 24.1 Å². The van der Waals surface area contributed by atoms with Crippen LogP contribution in [-0.2, 0) is 4.79 Å². The van der Waals surface area contributed by atoms with Gasteiger partial charge in [0.05, 0.1) is 6.07 Å². The van der Waals surface area contributed by atoms with Gasteiger partial charge in [0.1, 0.15) is 5.92 Å². The van der Waals surface area contributed by atoms with Crippen LogP contribution in [0.2, 0.25) is 0 Å². The van der Waals surface area contributed by atoms with E-state index < -0.39 is 5.92 Å². The number of nitrogens with one attached hydrogen (secondary N) is 1. The molecule has 1 atom stereocenters. The second-order valence-corrected chi connectivity index (χ2v) is 3.41. The summed E-state index contributed by atoms with van der Waals surface area (Å²) in [7, 11) is 0. The molecule has 0 aromatic carbocycles. The van der Waals surface area contributed by atoms with E-state index in [9.17, 15) is 4.79 Å². The van der Waals surface area contributed by atoms with E-state index in [1.807, 2.05) is 13.0 Å². The van der Waals surface area contributed by atoms with Gasteiger partial charge in [0.2, 0.25) is 5.91 Å². The molecule has 0 spiro atoms. The van der Waals surface area contributed by atoms with Crippen molar-refractivity contribution in [1.82, 2.24) is 10.2 Å². The lowest BCUT2D eigenvalue weighted by molar-refractivity contribution is -0.123. The Balaban J connectivity index is 3.77. The van der Waals surface area contributed by atoms with Crippen LogP contribution < -0.4 is 5.32 Å². The maximum absolute atomic E-state index is 11.4. The van der Waals surface area contributed by atoms with Crippen molar-refractivity contribution in [2.24, 2.45) is 5.92 Å². The second-order valence-electron chi connectivity index (χ2n) is 3.41. The highest BCUT2D eigenvalue weighted by Crippen LogP contribution is 1.99. The van der Waals surface area contributed by atoms with Crippen LogP contribution in [0, 0.1) is 17.2 Å². The van der Waals surface area contributed by atoms with Gasteiger partial charge >= 0.3 is 0 Å². The molecule has 4 heteroatoms. The summed E-state index contributed by atoms with van der Waals surface area (Å²) < 4.78 is 0. The Hall–Kier alpha value is -1.08. The number of rotatable bonds is 7. The molecular weight excluding hydrogens is 190 g/mol. The largest absolute Gasteiger partial charge is 0.354 e. The molecule has 0 rings (SSSR count). The Morgan fingerprint density at radius 2 is 2.00 bits per heavy atom. The first-order chi connectivity index (χ1) is 7.19. The average molecular weight is 211 g/mol. The van der Waals surface area contributed by atoms with Crippen molar-refractivity contribution in [3.8, 4) is 6.07 Å². The molecule has 1 unspecified atom stereocenters. The van der Waals surface area contributed by atoms with E-state index in [1.54, 1.807) is 0 Å². The summed E-state index contributed by atoms with van der Waals surface area (Å²) in [5.41, 5.74) is 0. The third-order valence-corrected chi connectivity index (χ3v) is 2.50. The molecule has 0 aliphatic rings. The monoisotopic (exact) mass is 211 g/mol. The first-order valence-corrected chi connectivity index (χ1v) is 5.59. The number of carbonyl (C=O) groups excluding carboxylic acids is 1. The van der Waals surface area contributed by atoms with Gasteiger partial charge < -0.3 is 10.2 Å². The maximum atomic E-state index is 11.4. The van der Waals surface area contributed by atoms with Crippen molar-refractivity contribution in [3.63, 3.8) is 0 Å². The molecule has 0 heterocycles. The van der Waals surface area contributed by atoms with Crippen molar-refractivity contribution < 1.29 is 4.79 Å². The Morgan fingerprint density at radius 3 is 2.40 bits per heavy atom. The summed E-state index contributed by atoms with van der Waals surface area (Å²) in [4.78, 5) is 13.6. The molecule has 0 fully saturated rings. The van der Waals surface area contributed by atoms with Crippen molar-refractivity contribution in [3.05, 3.63) is 0 Å². The summed E-state index contributed by atoms with van der Waals surface area (Å²) in [5, 5.41) is 11.5. The minimum atomic E-state index is -0.498. The Bertz CT molecular complexity index is 218. The van der Waals surface area contributed by atoms with Gasteiger partial charge in [-0.3, -0.25) is 4.79 Å². The zero-order valence-corrected chi connectivity index (χ0v) is 9.92. The maximum Gasteiger partial charge on any atom is 0.237 e. The molecule has 0 saturated carbocycles. The minimum absolute atomic E-state index is 0.146. The molecule has 1 N–H and O–H groups in total. The number of nitrogens with zero attached hydrogens (tertiary/aromatic N) is 2. The van der Waals surface area contributed by atoms with E-state index in [-0.39, 0.29) is 5.91 Å². The van der Waals surface area contributed by atoms with Gasteiger partial charge in [-0.25, -0.2) is 0 Å². The molecule has 4 nitrogen and oxygen atoms in total. The molecule has 1 amide bonds. The predicted octanol–water partition coefficient (Wildman–Crippen LogP) is 0.994. The lowest BCUT2D eigenvalue weighted by atomic mass is 10.1. The first kappa shape index (κ1) is 13.9. The highest BCUT2D eigenvalue weighted by Gasteiger charge is 2.14. The standard InChI is InChI=1S/C11H21N3O/c1-4-10(9-12)11(15)13-7-8-14(5-2)6-3/h10H,4-8H2,1-3H3,(H,13,15). The molecule has 0 saturated heterocycles. The third-order valence-electron chi connectivity index (χ3n) is 2.50. The van der Waals surface area contributed by atoms with Crippen LogP contribution in [0.5, 0.6) is 0 Å². The topological polar surface area (TPSA) is 56.1 Å². The molecule has 0 aliphatic heterocycles. The summed E-state index contributed by atoms with van der Waals surface area (Å²) in [6.07, 6.45) is 0.577. The number of amides is 1. The van der Waals surface area contributed by atoms with Gasteiger partial charge in [-0.05, 0) is 19.5 Å². The predicted molar refractivity (Wildman–Crippen MR) is 60.2 cm³/mol. The zero-order chi connectivity index (χ0) is 11.7. The van der Waals surface area contributed by atoms with Crippen molar-refractivity contribution in [2.75, 3.05) is 26.2 Å². The number of hydrogen-bond donors (Lipinski definition) is 1. The van der Waals surface area contributed by atoms with Crippen LogP contribution in [0.1, 0.15) is 27.2 Å². The van der Waals surface area contributed by atoms with Crippen LogP contribution in [0.3, 0.4) is 0 Å². The zero-order valence-electron chi connectivity index (χ0n) is 9.92. The Kier molecular flexibility index (Phi) is 7.65. The van der Waals surface area contributed by atoms with E-state index in [0.717, 1.165) is 19.6 Å². The van der Waals surface area contributed by atoms with Gasteiger partial charge in [-0.15, -0.1) is 0 Å². The summed E-state index contributed by atoms with van der Waals surface area (Å²) in [6.45, 7) is 9.48. The van der Waals surface area contributed by atoms with Gasteiger partial charge in [-0.1, -0.05) is 20.8 Å². The lowest BCUT2D eigenvalue weighted by Gasteiger charge is -2.18. The van der Waals surface area contributed by atoms with Gasteiger partial charge in [0.15, 0.2) is 0 Å². The molecular formula is C11H21N3O. The molecule has 0 bridgehead atoms. The van der Waals surface area contributed by atoms with Gasteiger partial charge in [0, 0.05) is 13.1 Å². The fourth-order valence-corrected chi connectivity index (χ4v) is 1.34. The summed E-state index contributed by atoms with van der Waals surface area (Å²) >= 11 is 0. The van der Waals surface area contributed by atoms with Crippen LogP contribution in [-0.4, -0.2) is 37.0 Å². The smallest absolute Gasteiger partial charge is 0.237 e. The summed E-state index contributed by atoms with van der Waals surface area (Å²) in [6, 6.07) is 1.99. The highest BCUT2D eigenvalue weighted by molar-refractivity contribution is 5.80. The van der Waals surface area contributed by atoms with E-state index in [4.69, 9.17) is 5.26 Å². The number of hydrogen-bond acceptors (Lipinski definition) is 3. The fraction of sp³-hybridized carbons (Fsp3) is 0.818. The minimum Gasteiger partial charge on any atom is -0.354 e. The fourth-order valence-electron chi connectivity index (χ4n) is 1.34. The lowest BCUT2D eigenvalue weighted by Crippen LogP contribution is -2.37. The van der Waals surface area contributed by atoms with Gasteiger partial charge in [0.25, 0.3) is 0 Å². The van der Waals surface area contributed by atoms with Crippen molar-refractivity contribution >= 4 is 5.91 Å². The average Bonchev–Trinajstić information content (AvgIpc) is 2.26. The molecule has 0 aromatic rings. The van der Waals surface area contributed by atoms with Crippen LogP contribution in [0.15, 0.2) is 0 Å². The van der Waals surface area contributed by atoms with Crippen molar-refractivity contribution in [1.29, 1.82) is 5.26 Å². The Morgan fingerprint density at radius 1 is 1.40 bits per heavy atom. The summed E-state index contributed by atoms with van der Waals surface area (Å²) in [5.74, 6) is -0.645. The quantitative estimate of drug-likeness (QED) is 0.683. The highest BCUT2D eigenvalue weighted by atomic mass is 16.1. The second kappa shape index (κ2) is 8.25. The van der Waals surface area contributed by atoms with E-state index in [1.165, 1.54) is 0 Å². The number of likely N-dealkylation sites (N-methyl/N-ethyl adjacent to an activating group) is 1. The van der Waals surface area contributed by atoms with Crippen molar-refractivity contribution in [2.45, 2.75) is 27.2 Å². The van der Waals surface area contributed by atoms with Crippen LogP contribution in [0.25, 0.3) is 0 Å². The molecule has 15 heavy (non-hydrogen) atoms. The SMILES string of the molecule is CCC(C#N)C(=O)NCCN(CC)CC. The molecule has 0 radical (unpaired) electrons. The third kappa shape index (κ3) is 5.38. The van der Waals surface area contributed by atoms with Crippen LogP contribution >= 0.6 is 0 Å². The van der Waals surface area contributed by atoms with Crippen LogP contribution in [0.4, 0.5) is 0 Å². The number of carbonyl (C=O) groups is 1. The van der Waals surface area contributed by atoms with E-state index >= 15 is 0 Å². The normalized spacial score (nSPS) is 12.2. The Labute approximate surface area is 92.3 Å². The molecule has 0 aliphatic carbocycles. The van der Waals surface area contributed by atoms with E-state index in [0.29, 0.717) is 13.0 Å². The molecule has 86 valence electrons.